The highest BCUT2D eigenvalue weighted by Crippen LogP contribution is 2.27. The highest BCUT2D eigenvalue weighted by molar-refractivity contribution is 6.45. The number of rotatable bonds is 5. The first kappa shape index (κ1) is 23.9. The summed E-state index contributed by atoms with van der Waals surface area (Å²) in [5.41, 5.74) is 0.590. The zero-order chi connectivity index (χ0) is 25.9. The molecule has 0 spiro atoms. The van der Waals surface area contributed by atoms with E-state index in [0.29, 0.717) is 11.4 Å². The molecule has 1 fully saturated rings. The molecule has 9 nitrogen and oxygen atoms in total. The summed E-state index contributed by atoms with van der Waals surface area (Å²) in [6.07, 6.45) is 2.75. The molecule has 10 heteroatoms. The first-order valence-corrected chi connectivity index (χ1v) is 11.6. The van der Waals surface area contributed by atoms with E-state index >= 15 is 0 Å². The maximum absolute atomic E-state index is 14.8. The number of pyridine rings is 1. The quantitative estimate of drug-likeness (QED) is 0.323. The second-order valence-electron chi connectivity index (χ2n) is 8.50. The Morgan fingerprint density at radius 1 is 0.838 bits per heavy atom. The smallest absolute Gasteiger partial charge is 0.295 e. The molecule has 0 saturated carbocycles. The third-order valence-corrected chi connectivity index (χ3v) is 6.25. The van der Waals surface area contributed by atoms with E-state index in [0.717, 1.165) is 6.07 Å². The van der Waals surface area contributed by atoms with Gasteiger partial charge in [0.05, 0.1) is 16.6 Å². The fraction of sp³-hybridized carbons (Fsp3) is 0.148. The highest BCUT2D eigenvalue weighted by Gasteiger charge is 2.31. The molecule has 0 atom stereocenters. The molecule has 37 heavy (non-hydrogen) atoms. The van der Waals surface area contributed by atoms with Crippen molar-refractivity contribution >= 4 is 40.2 Å². The predicted molar refractivity (Wildman–Crippen MR) is 134 cm³/mol. The lowest BCUT2D eigenvalue weighted by atomic mass is 10.0. The number of piperazine rings is 1. The number of aromatic nitrogens is 2. The second-order valence-corrected chi connectivity index (χ2v) is 8.50. The Morgan fingerprint density at radius 2 is 1.54 bits per heavy atom. The molecule has 2 aromatic carbocycles. The minimum atomic E-state index is -0.893. The van der Waals surface area contributed by atoms with E-state index in [9.17, 15) is 23.6 Å². The molecule has 5 rings (SSSR count). The number of nitrogens with zero attached hydrogens (tertiary/aromatic N) is 3. The number of benzene rings is 2. The van der Waals surface area contributed by atoms with Gasteiger partial charge < -0.3 is 20.1 Å². The number of fused-ring (bicyclic) bond motifs is 1. The van der Waals surface area contributed by atoms with Gasteiger partial charge in [0.2, 0.25) is 0 Å². The van der Waals surface area contributed by atoms with Crippen molar-refractivity contribution < 1.29 is 23.6 Å². The summed E-state index contributed by atoms with van der Waals surface area (Å²) in [5.74, 6) is -2.80. The van der Waals surface area contributed by atoms with E-state index in [4.69, 9.17) is 0 Å². The Labute approximate surface area is 210 Å². The minimum absolute atomic E-state index is 0.0987. The van der Waals surface area contributed by atoms with E-state index in [1.54, 1.807) is 47.4 Å². The molecule has 1 aliphatic heterocycles. The number of nitrogens with one attached hydrogen (secondary N) is 2. The molecule has 186 valence electrons. The van der Waals surface area contributed by atoms with Gasteiger partial charge >= 0.3 is 0 Å². The third kappa shape index (κ3) is 4.68. The Balaban J connectivity index is 1.32. The van der Waals surface area contributed by atoms with Crippen molar-refractivity contribution in [2.45, 2.75) is 0 Å². The molecule has 1 aliphatic rings. The van der Waals surface area contributed by atoms with Crippen molar-refractivity contribution in [1.82, 2.24) is 19.8 Å². The summed E-state index contributed by atoms with van der Waals surface area (Å²) in [6, 6.07) is 16.2. The van der Waals surface area contributed by atoms with Gasteiger partial charge in [-0.3, -0.25) is 19.2 Å². The molecule has 2 aromatic heterocycles. The number of halogens is 1. The summed E-state index contributed by atoms with van der Waals surface area (Å²) in [5, 5.41) is 2.49. The van der Waals surface area contributed by atoms with Crippen molar-refractivity contribution in [3.05, 3.63) is 95.6 Å². The van der Waals surface area contributed by atoms with Gasteiger partial charge in [0.1, 0.15) is 11.6 Å². The molecule has 0 aliphatic carbocycles. The summed E-state index contributed by atoms with van der Waals surface area (Å²) < 4.78 is 14.8. The Kier molecular flexibility index (Phi) is 6.46. The molecular weight excluding hydrogens is 477 g/mol. The molecule has 0 radical (unpaired) electrons. The number of H-pyrrole nitrogens is 1. The third-order valence-electron chi connectivity index (χ3n) is 6.25. The van der Waals surface area contributed by atoms with Gasteiger partial charge in [-0.25, -0.2) is 9.37 Å². The van der Waals surface area contributed by atoms with Crippen LogP contribution in [0, 0.1) is 5.82 Å². The van der Waals surface area contributed by atoms with Gasteiger partial charge in [0.15, 0.2) is 0 Å². The molecule has 3 amide bonds. The predicted octanol–water partition coefficient (Wildman–Crippen LogP) is 3.12. The lowest BCUT2D eigenvalue weighted by molar-refractivity contribution is -0.127. The Bertz CT molecular complexity index is 1500. The zero-order valence-electron chi connectivity index (χ0n) is 19.6. The number of carbonyl (C=O) groups excluding carboxylic acids is 4. The average Bonchev–Trinajstić information content (AvgIpc) is 3.39. The Morgan fingerprint density at radius 3 is 2.24 bits per heavy atom. The monoisotopic (exact) mass is 499 g/mol. The molecule has 0 bridgehead atoms. The number of amides is 3. The number of hydrogen-bond acceptors (Lipinski definition) is 5. The van der Waals surface area contributed by atoms with Crippen LogP contribution in [-0.4, -0.2) is 69.5 Å². The first-order chi connectivity index (χ1) is 17.9. The van der Waals surface area contributed by atoms with Gasteiger partial charge in [-0.2, -0.15) is 0 Å². The van der Waals surface area contributed by atoms with Crippen LogP contribution in [0.25, 0.3) is 10.9 Å². The summed E-state index contributed by atoms with van der Waals surface area (Å²) >= 11 is 0. The number of hydrogen-bond donors (Lipinski definition) is 2. The maximum Gasteiger partial charge on any atom is 0.295 e. The number of carbonyl (C=O) groups is 4. The van der Waals surface area contributed by atoms with Crippen molar-refractivity contribution in [2.24, 2.45) is 0 Å². The number of ketones is 1. The minimum Gasteiger partial charge on any atom is -0.360 e. The SMILES string of the molecule is O=C(Nc1ccccn1)c1ccc(F)c2c(C(=O)C(=O)N3CCN(C(=O)c4ccccc4)CC3)c[nH]c12. The van der Waals surface area contributed by atoms with Gasteiger partial charge in [-0.1, -0.05) is 24.3 Å². The van der Waals surface area contributed by atoms with Crippen LogP contribution in [0.5, 0.6) is 0 Å². The fourth-order valence-corrected chi connectivity index (χ4v) is 4.33. The van der Waals surface area contributed by atoms with Crippen LogP contribution < -0.4 is 5.32 Å². The summed E-state index contributed by atoms with van der Waals surface area (Å²) in [4.78, 5) is 61.4. The maximum atomic E-state index is 14.8. The number of Topliss-reactive ketones (excluding diaryl/α,β-unsaturated/α-hetero) is 1. The van der Waals surface area contributed by atoms with Crippen molar-refractivity contribution in [3.63, 3.8) is 0 Å². The standard InChI is InChI=1S/C27H22FN5O4/c28-20-10-9-18(25(35)31-21-8-4-5-11-29-21)23-22(20)19(16-30-23)24(34)27(37)33-14-12-32(13-15-33)26(36)17-6-2-1-3-7-17/h1-11,16,30H,12-15H2,(H,29,31,35). The lowest BCUT2D eigenvalue weighted by Crippen LogP contribution is -2.52. The van der Waals surface area contributed by atoms with Gasteiger partial charge in [0, 0.05) is 49.5 Å². The normalized spacial score (nSPS) is 13.4. The summed E-state index contributed by atoms with van der Waals surface area (Å²) in [7, 11) is 0. The van der Waals surface area contributed by atoms with Gasteiger partial charge in [-0.15, -0.1) is 0 Å². The van der Waals surface area contributed by atoms with Crippen LogP contribution in [0.15, 0.2) is 73.1 Å². The van der Waals surface area contributed by atoms with Crippen LogP contribution in [0.1, 0.15) is 31.1 Å². The molecular formula is C27H22FN5O4. The van der Waals surface area contributed by atoms with Gasteiger partial charge in [-0.05, 0) is 36.4 Å². The topological polar surface area (TPSA) is 115 Å². The van der Waals surface area contributed by atoms with Crippen molar-refractivity contribution in [2.75, 3.05) is 31.5 Å². The number of anilines is 1. The van der Waals surface area contributed by atoms with Crippen molar-refractivity contribution in [3.8, 4) is 0 Å². The van der Waals surface area contributed by atoms with Crippen LogP contribution >= 0.6 is 0 Å². The molecule has 3 heterocycles. The summed E-state index contributed by atoms with van der Waals surface area (Å²) in [6.45, 7) is 0.886. The van der Waals surface area contributed by atoms with E-state index in [-0.39, 0.29) is 54.1 Å². The average molecular weight is 500 g/mol. The van der Waals surface area contributed by atoms with Crippen LogP contribution in [0.4, 0.5) is 10.2 Å². The fourth-order valence-electron chi connectivity index (χ4n) is 4.33. The second kappa shape index (κ2) is 10.0. The van der Waals surface area contributed by atoms with E-state index in [1.807, 2.05) is 6.07 Å². The largest absolute Gasteiger partial charge is 0.360 e. The molecule has 4 aromatic rings. The number of aromatic amines is 1. The van der Waals surface area contributed by atoms with Gasteiger partial charge in [0.25, 0.3) is 23.5 Å². The van der Waals surface area contributed by atoms with Crippen LogP contribution in [-0.2, 0) is 4.79 Å². The van der Waals surface area contributed by atoms with E-state index in [1.165, 1.54) is 23.4 Å². The van der Waals surface area contributed by atoms with Crippen LogP contribution in [0.2, 0.25) is 0 Å². The van der Waals surface area contributed by atoms with Crippen molar-refractivity contribution in [1.29, 1.82) is 0 Å². The zero-order valence-corrected chi connectivity index (χ0v) is 19.6. The van der Waals surface area contributed by atoms with Crippen LogP contribution in [0.3, 0.4) is 0 Å². The molecule has 0 unspecified atom stereocenters. The highest BCUT2D eigenvalue weighted by atomic mass is 19.1. The first-order valence-electron chi connectivity index (χ1n) is 11.6. The molecule has 2 N–H and O–H groups in total. The lowest BCUT2D eigenvalue weighted by Gasteiger charge is -2.34. The molecule has 1 saturated heterocycles. The van der Waals surface area contributed by atoms with E-state index < -0.39 is 23.4 Å². The Hall–Kier alpha value is -4.86. The van der Waals surface area contributed by atoms with E-state index in [2.05, 4.69) is 15.3 Å².